The quantitative estimate of drug-likeness (QED) is 0.471. The van der Waals surface area contributed by atoms with E-state index in [4.69, 9.17) is 4.74 Å². The number of fused-ring (bicyclic) bond motifs is 1. The van der Waals surface area contributed by atoms with Crippen molar-refractivity contribution in [1.82, 2.24) is 5.32 Å². The van der Waals surface area contributed by atoms with Crippen LogP contribution in [0.15, 0.2) is 27.6 Å². The fraction of sp³-hybridized carbons (Fsp3) is 0.750. The lowest BCUT2D eigenvalue weighted by molar-refractivity contribution is -0.143. The Morgan fingerprint density at radius 2 is 1.92 bits per heavy atom. The molecule has 2 saturated heterocycles. The van der Waals surface area contributed by atoms with Gasteiger partial charge in [0.05, 0.1) is 53.4 Å². The number of aliphatic hydroxyl groups excluding tert-OH is 2. The first kappa shape index (κ1) is 29.1. The SMILES string of the molecule is CC(=CC=C1CN=C(C)S1)[C@@H]1C[C@@H]2O[C@]2(C)CCC[C@H](C)[C@H](O)[C@@H](C)C(=O)C(C)(C)[C@@H](O)CC(=O)N1. The fourth-order valence-corrected chi connectivity index (χ4v) is 6.05. The van der Waals surface area contributed by atoms with Gasteiger partial charge in [-0.2, -0.15) is 0 Å². The van der Waals surface area contributed by atoms with E-state index in [-0.39, 0.29) is 41.8 Å². The van der Waals surface area contributed by atoms with Gasteiger partial charge in [-0.25, -0.2) is 0 Å². The Labute approximate surface area is 220 Å². The summed E-state index contributed by atoms with van der Waals surface area (Å²) in [6.45, 7) is 13.8. The molecule has 0 spiro atoms. The second-order valence-corrected chi connectivity index (χ2v) is 13.0. The predicted molar refractivity (Wildman–Crippen MR) is 145 cm³/mol. The van der Waals surface area contributed by atoms with Gasteiger partial charge in [-0.1, -0.05) is 63.6 Å². The Morgan fingerprint density at radius 1 is 1.22 bits per heavy atom. The number of nitrogens with zero attached hydrogens (tertiary/aromatic N) is 1. The molecule has 7 nitrogen and oxygen atoms in total. The molecule has 2 fully saturated rings. The highest BCUT2D eigenvalue weighted by Gasteiger charge is 2.52. The first-order valence-electron chi connectivity index (χ1n) is 13.2. The molecule has 8 heteroatoms. The number of aliphatic imine (C=N–C) groups is 1. The molecular formula is C28H44N2O5S. The van der Waals surface area contributed by atoms with Crippen molar-refractivity contribution in [3.05, 3.63) is 22.6 Å². The van der Waals surface area contributed by atoms with E-state index in [1.165, 1.54) is 4.91 Å². The normalized spacial score (nSPS) is 40.0. The van der Waals surface area contributed by atoms with Crippen molar-refractivity contribution in [2.24, 2.45) is 22.2 Å². The standard InChI is InChI=1S/C28H44N2O5S/c1-16(10-11-20-15-29-19(4)36-20)21-13-23-28(7,35-23)12-8-9-17(2)25(33)18(3)26(34)27(5,6)22(31)14-24(32)30-21/h10-11,17-18,21-23,25,31,33H,8-9,12-15H2,1-7H3,(H,30,32)/t17-,18+,21-,22-,23-,25-,28+/m0/s1. The first-order valence-corrected chi connectivity index (χ1v) is 14.0. The third kappa shape index (κ3) is 6.88. The summed E-state index contributed by atoms with van der Waals surface area (Å²) in [5.41, 5.74) is -0.400. The van der Waals surface area contributed by atoms with Crippen LogP contribution in [0.2, 0.25) is 0 Å². The van der Waals surface area contributed by atoms with Gasteiger partial charge in [-0.3, -0.25) is 14.6 Å². The minimum Gasteiger partial charge on any atom is -0.392 e. The third-order valence-electron chi connectivity index (χ3n) is 8.33. The number of epoxide rings is 1. The molecule has 0 saturated carbocycles. The number of rotatable bonds is 2. The molecule has 3 aliphatic heterocycles. The Hall–Kier alpha value is -1.48. The van der Waals surface area contributed by atoms with Crippen LogP contribution in [-0.2, 0) is 14.3 Å². The first-order chi connectivity index (χ1) is 16.7. The smallest absolute Gasteiger partial charge is 0.223 e. The summed E-state index contributed by atoms with van der Waals surface area (Å²) in [5, 5.41) is 25.9. The maximum Gasteiger partial charge on any atom is 0.223 e. The van der Waals surface area contributed by atoms with Crippen molar-refractivity contribution < 1.29 is 24.5 Å². The molecule has 0 radical (unpaired) electrons. The number of aliphatic hydroxyl groups is 2. The molecule has 202 valence electrons. The van der Waals surface area contributed by atoms with Crippen LogP contribution in [0.3, 0.4) is 0 Å². The van der Waals surface area contributed by atoms with Crippen LogP contribution in [0.5, 0.6) is 0 Å². The van der Waals surface area contributed by atoms with Crippen molar-refractivity contribution in [3.8, 4) is 0 Å². The molecule has 3 rings (SSSR count). The van der Waals surface area contributed by atoms with Gasteiger partial charge in [0, 0.05) is 17.2 Å². The van der Waals surface area contributed by atoms with E-state index in [1.54, 1.807) is 32.5 Å². The van der Waals surface area contributed by atoms with Crippen LogP contribution in [0.25, 0.3) is 0 Å². The summed E-state index contributed by atoms with van der Waals surface area (Å²) in [4.78, 5) is 31.9. The van der Waals surface area contributed by atoms with Crippen molar-refractivity contribution >= 4 is 28.5 Å². The van der Waals surface area contributed by atoms with E-state index in [0.717, 1.165) is 29.9 Å². The molecule has 7 atom stereocenters. The second kappa shape index (κ2) is 11.5. The third-order valence-corrected chi connectivity index (χ3v) is 9.28. The number of hydrogen-bond donors (Lipinski definition) is 3. The van der Waals surface area contributed by atoms with E-state index in [0.29, 0.717) is 13.0 Å². The number of carbonyl (C=O) groups is 2. The van der Waals surface area contributed by atoms with Crippen LogP contribution in [0.4, 0.5) is 0 Å². The van der Waals surface area contributed by atoms with Crippen molar-refractivity contribution in [2.75, 3.05) is 6.54 Å². The van der Waals surface area contributed by atoms with Crippen LogP contribution >= 0.6 is 11.8 Å². The number of carbonyl (C=O) groups excluding carboxylic acids is 2. The minimum atomic E-state index is -1.16. The number of allylic oxidation sites excluding steroid dienone is 2. The molecular weight excluding hydrogens is 476 g/mol. The summed E-state index contributed by atoms with van der Waals surface area (Å²) < 4.78 is 6.11. The van der Waals surface area contributed by atoms with E-state index in [2.05, 4.69) is 23.3 Å². The highest BCUT2D eigenvalue weighted by atomic mass is 32.2. The molecule has 36 heavy (non-hydrogen) atoms. The van der Waals surface area contributed by atoms with E-state index in [1.807, 2.05) is 26.8 Å². The maximum absolute atomic E-state index is 13.3. The van der Waals surface area contributed by atoms with Gasteiger partial charge in [0.2, 0.25) is 5.91 Å². The number of Topliss-reactive ketones (excluding diaryl/α,β-unsaturated/α-hetero) is 1. The van der Waals surface area contributed by atoms with Crippen LogP contribution in [0, 0.1) is 17.3 Å². The summed E-state index contributed by atoms with van der Waals surface area (Å²) >= 11 is 1.66. The molecule has 3 heterocycles. The highest BCUT2D eigenvalue weighted by Crippen LogP contribution is 2.44. The number of hydrogen-bond acceptors (Lipinski definition) is 7. The molecule has 0 unspecified atom stereocenters. The monoisotopic (exact) mass is 520 g/mol. The maximum atomic E-state index is 13.3. The molecule has 0 aromatic rings. The zero-order valence-corrected chi connectivity index (χ0v) is 23.7. The molecule has 3 aliphatic rings. The van der Waals surface area contributed by atoms with Crippen LogP contribution < -0.4 is 5.32 Å². The van der Waals surface area contributed by atoms with Gasteiger partial charge in [-0.05, 0) is 39.5 Å². The van der Waals surface area contributed by atoms with Gasteiger partial charge >= 0.3 is 0 Å². The Bertz CT molecular complexity index is 942. The predicted octanol–water partition coefficient (Wildman–Crippen LogP) is 4.18. The Balaban J connectivity index is 1.82. The number of ether oxygens (including phenoxy) is 1. The van der Waals surface area contributed by atoms with E-state index >= 15 is 0 Å². The minimum absolute atomic E-state index is 0.0280. The van der Waals surface area contributed by atoms with Crippen LogP contribution in [0.1, 0.15) is 80.6 Å². The average Bonchev–Trinajstić information content (AvgIpc) is 3.24. The Morgan fingerprint density at radius 3 is 2.56 bits per heavy atom. The number of thioether (sulfide) groups is 1. The number of nitrogens with one attached hydrogen (secondary N) is 1. The lowest BCUT2D eigenvalue weighted by atomic mass is 9.72. The molecule has 0 aliphatic carbocycles. The molecule has 3 N–H and O–H groups in total. The van der Waals surface area contributed by atoms with Crippen LogP contribution in [-0.4, -0.2) is 63.4 Å². The van der Waals surface area contributed by atoms with Crippen molar-refractivity contribution in [1.29, 1.82) is 0 Å². The average molecular weight is 521 g/mol. The van der Waals surface area contributed by atoms with E-state index in [9.17, 15) is 19.8 Å². The van der Waals surface area contributed by atoms with Gasteiger partial charge in [-0.15, -0.1) is 0 Å². The number of amides is 1. The largest absolute Gasteiger partial charge is 0.392 e. The molecule has 1 amide bonds. The van der Waals surface area contributed by atoms with Gasteiger partial charge in [0.1, 0.15) is 5.78 Å². The number of ketones is 1. The second-order valence-electron chi connectivity index (χ2n) is 11.7. The summed E-state index contributed by atoms with van der Waals surface area (Å²) in [6, 6.07) is -0.242. The lowest BCUT2D eigenvalue weighted by Crippen LogP contribution is -2.47. The highest BCUT2D eigenvalue weighted by molar-refractivity contribution is 8.17. The summed E-state index contributed by atoms with van der Waals surface area (Å²) in [5.74, 6) is -1.22. The van der Waals surface area contributed by atoms with Gasteiger partial charge in [0.15, 0.2) is 0 Å². The molecule has 0 aromatic carbocycles. The van der Waals surface area contributed by atoms with Crippen molar-refractivity contribution in [2.45, 2.75) is 111 Å². The van der Waals surface area contributed by atoms with Gasteiger partial charge < -0.3 is 20.3 Å². The lowest BCUT2D eigenvalue weighted by Gasteiger charge is -2.34. The fourth-order valence-electron chi connectivity index (χ4n) is 5.28. The Kier molecular flexibility index (Phi) is 9.29. The van der Waals surface area contributed by atoms with E-state index < -0.39 is 23.5 Å². The summed E-state index contributed by atoms with van der Waals surface area (Å²) in [6.07, 6.45) is 5.16. The van der Waals surface area contributed by atoms with Crippen molar-refractivity contribution in [3.63, 3.8) is 0 Å². The molecule has 0 aromatic heterocycles. The van der Waals surface area contributed by atoms with Gasteiger partial charge in [0.25, 0.3) is 0 Å². The zero-order chi connectivity index (χ0) is 26.8. The summed E-state index contributed by atoms with van der Waals surface area (Å²) in [7, 11) is 0. The zero-order valence-electron chi connectivity index (χ0n) is 22.8. The topological polar surface area (TPSA) is 112 Å². The molecule has 0 bridgehead atoms.